The maximum Gasteiger partial charge on any atom is 0.405 e. The molecular formula is C16H20F3N5O. The minimum absolute atomic E-state index is 0.00170. The number of nitrogens with zero attached hydrogens (tertiary/aromatic N) is 4. The van der Waals surface area contributed by atoms with Crippen LogP contribution in [0.4, 0.5) is 13.2 Å². The number of amides is 1. The maximum absolute atomic E-state index is 12.1. The second-order valence-corrected chi connectivity index (χ2v) is 6.14. The molecule has 0 bridgehead atoms. The van der Waals surface area contributed by atoms with E-state index in [1.165, 1.54) is 0 Å². The van der Waals surface area contributed by atoms with E-state index in [0.717, 1.165) is 31.0 Å². The number of piperazine rings is 1. The highest BCUT2D eigenvalue weighted by Crippen LogP contribution is 2.12. The van der Waals surface area contributed by atoms with Crippen molar-refractivity contribution in [3.8, 4) is 0 Å². The third-order valence-corrected chi connectivity index (χ3v) is 4.12. The molecule has 3 rings (SSSR count). The third kappa shape index (κ3) is 5.17. The van der Waals surface area contributed by atoms with Gasteiger partial charge in [-0.2, -0.15) is 13.2 Å². The van der Waals surface area contributed by atoms with Gasteiger partial charge in [-0.05, 0) is 12.1 Å². The molecule has 0 spiro atoms. The van der Waals surface area contributed by atoms with Crippen molar-refractivity contribution in [1.82, 2.24) is 24.5 Å². The molecule has 0 aromatic carbocycles. The van der Waals surface area contributed by atoms with Crippen molar-refractivity contribution in [2.45, 2.75) is 12.7 Å². The number of carbonyl (C=O) groups is 1. The predicted octanol–water partition coefficient (Wildman–Crippen LogP) is 1.13. The molecule has 0 radical (unpaired) electrons. The number of fused-ring (bicyclic) bond motifs is 1. The summed E-state index contributed by atoms with van der Waals surface area (Å²) >= 11 is 0. The van der Waals surface area contributed by atoms with E-state index < -0.39 is 18.6 Å². The van der Waals surface area contributed by atoms with Crippen LogP contribution in [0.15, 0.2) is 30.6 Å². The first-order valence-corrected chi connectivity index (χ1v) is 8.10. The van der Waals surface area contributed by atoms with Gasteiger partial charge in [-0.25, -0.2) is 4.98 Å². The fraction of sp³-hybridized carbons (Fsp3) is 0.500. The summed E-state index contributed by atoms with van der Waals surface area (Å²) in [6.07, 6.45) is -0.432. The Morgan fingerprint density at radius 1 is 1.16 bits per heavy atom. The van der Waals surface area contributed by atoms with Crippen molar-refractivity contribution in [1.29, 1.82) is 0 Å². The zero-order valence-corrected chi connectivity index (χ0v) is 13.7. The highest BCUT2D eigenvalue weighted by molar-refractivity contribution is 5.78. The van der Waals surface area contributed by atoms with Crippen LogP contribution < -0.4 is 5.32 Å². The van der Waals surface area contributed by atoms with Crippen molar-refractivity contribution < 1.29 is 18.0 Å². The van der Waals surface area contributed by atoms with Crippen LogP contribution in [-0.4, -0.2) is 70.5 Å². The molecule has 2 aromatic rings. The molecule has 9 heteroatoms. The Kier molecular flexibility index (Phi) is 5.24. The molecule has 1 N–H and O–H groups in total. The summed E-state index contributed by atoms with van der Waals surface area (Å²) in [5.74, 6) is -0.592. The molecule has 1 aliphatic heterocycles. The Hall–Kier alpha value is -2.13. The standard InChI is InChI=1S/C16H20F3N5O/c17-16(18,19)12-20-15(25)11-23-7-5-22(6-8-23)9-13-10-24-4-2-1-3-14(24)21-13/h1-4,10H,5-9,11-12H2,(H,20,25). The number of imidazole rings is 1. The van der Waals surface area contributed by atoms with Crippen LogP contribution in [0.25, 0.3) is 5.65 Å². The van der Waals surface area contributed by atoms with E-state index in [-0.39, 0.29) is 6.54 Å². The first-order chi connectivity index (χ1) is 11.9. The molecule has 1 saturated heterocycles. The van der Waals surface area contributed by atoms with E-state index in [9.17, 15) is 18.0 Å². The van der Waals surface area contributed by atoms with Gasteiger partial charge >= 0.3 is 6.18 Å². The van der Waals surface area contributed by atoms with Gasteiger partial charge < -0.3 is 9.72 Å². The van der Waals surface area contributed by atoms with E-state index in [0.29, 0.717) is 13.1 Å². The largest absolute Gasteiger partial charge is 0.405 e. The molecule has 25 heavy (non-hydrogen) atoms. The monoisotopic (exact) mass is 355 g/mol. The molecule has 0 saturated carbocycles. The van der Waals surface area contributed by atoms with Crippen LogP contribution in [0.1, 0.15) is 5.69 Å². The third-order valence-electron chi connectivity index (χ3n) is 4.12. The summed E-state index contributed by atoms with van der Waals surface area (Å²) < 4.78 is 38.2. The highest BCUT2D eigenvalue weighted by atomic mass is 19.4. The van der Waals surface area contributed by atoms with Crippen molar-refractivity contribution in [3.63, 3.8) is 0 Å². The van der Waals surface area contributed by atoms with Gasteiger partial charge in [0.05, 0.1) is 12.2 Å². The van der Waals surface area contributed by atoms with E-state index in [1.807, 2.05) is 45.2 Å². The number of halogens is 3. The minimum atomic E-state index is -4.37. The van der Waals surface area contributed by atoms with Crippen molar-refractivity contribution in [2.24, 2.45) is 0 Å². The molecule has 3 heterocycles. The zero-order valence-electron chi connectivity index (χ0n) is 13.7. The fourth-order valence-corrected chi connectivity index (χ4v) is 2.86. The summed E-state index contributed by atoms with van der Waals surface area (Å²) in [5, 5.41) is 1.90. The molecule has 1 amide bonds. The van der Waals surface area contributed by atoms with Gasteiger partial charge in [0.2, 0.25) is 5.91 Å². The van der Waals surface area contributed by atoms with Gasteiger partial charge in [0.1, 0.15) is 12.2 Å². The van der Waals surface area contributed by atoms with E-state index >= 15 is 0 Å². The summed E-state index contributed by atoms with van der Waals surface area (Å²) in [6, 6.07) is 5.83. The topological polar surface area (TPSA) is 52.9 Å². The van der Waals surface area contributed by atoms with Crippen LogP contribution in [-0.2, 0) is 11.3 Å². The molecule has 0 aliphatic carbocycles. The minimum Gasteiger partial charge on any atom is -0.346 e. The number of hydrogen-bond acceptors (Lipinski definition) is 4. The first-order valence-electron chi connectivity index (χ1n) is 8.10. The number of hydrogen-bond donors (Lipinski definition) is 1. The van der Waals surface area contributed by atoms with Gasteiger partial charge in [-0.1, -0.05) is 6.07 Å². The molecule has 0 unspecified atom stereocenters. The molecule has 1 fully saturated rings. The van der Waals surface area contributed by atoms with Crippen molar-refractivity contribution >= 4 is 11.6 Å². The van der Waals surface area contributed by atoms with Gasteiger partial charge in [0.15, 0.2) is 0 Å². The summed E-state index contributed by atoms with van der Waals surface area (Å²) in [7, 11) is 0. The molecular weight excluding hydrogens is 335 g/mol. The lowest BCUT2D eigenvalue weighted by molar-refractivity contribution is -0.139. The normalized spacial score (nSPS) is 17.1. The van der Waals surface area contributed by atoms with Crippen LogP contribution in [0.3, 0.4) is 0 Å². The molecule has 0 atom stereocenters. The summed E-state index contributed by atoms with van der Waals surface area (Å²) in [4.78, 5) is 20.2. The average Bonchev–Trinajstić information content (AvgIpc) is 2.96. The Morgan fingerprint density at radius 3 is 2.56 bits per heavy atom. The maximum atomic E-state index is 12.1. The molecule has 136 valence electrons. The van der Waals surface area contributed by atoms with E-state index in [1.54, 1.807) is 0 Å². The number of rotatable bonds is 5. The number of pyridine rings is 1. The SMILES string of the molecule is O=C(CN1CCN(Cc2cn3ccccc3n2)CC1)NCC(F)(F)F. The van der Waals surface area contributed by atoms with Crippen LogP contribution in [0.5, 0.6) is 0 Å². The zero-order chi connectivity index (χ0) is 17.9. The Morgan fingerprint density at radius 2 is 1.88 bits per heavy atom. The Labute approximate surface area is 143 Å². The Balaban J connectivity index is 1.43. The van der Waals surface area contributed by atoms with Gasteiger partial charge in [-0.3, -0.25) is 14.6 Å². The van der Waals surface area contributed by atoms with Crippen LogP contribution in [0, 0.1) is 0 Å². The van der Waals surface area contributed by atoms with Crippen molar-refractivity contribution in [3.05, 3.63) is 36.3 Å². The second-order valence-electron chi connectivity index (χ2n) is 6.14. The number of aromatic nitrogens is 2. The number of alkyl halides is 3. The fourth-order valence-electron chi connectivity index (χ4n) is 2.86. The number of nitrogens with one attached hydrogen (secondary N) is 1. The van der Waals surface area contributed by atoms with E-state index in [4.69, 9.17) is 0 Å². The van der Waals surface area contributed by atoms with E-state index in [2.05, 4.69) is 9.88 Å². The smallest absolute Gasteiger partial charge is 0.346 e. The van der Waals surface area contributed by atoms with Gasteiger partial charge in [0, 0.05) is 45.1 Å². The second kappa shape index (κ2) is 7.40. The average molecular weight is 355 g/mol. The molecule has 2 aromatic heterocycles. The lowest BCUT2D eigenvalue weighted by atomic mass is 10.3. The summed E-state index contributed by atoms with van der Waals surface area (Å²) in [5.41, 5.74) is 1.88. The van der Waals surface area contributed by atoms with Gasteiger partial charge in [0.25, 0.3) is 0 Å². The highest BCUT2D eigenvalue weighted by Gasteiger charge is 2.28. The van der Waals surface area contributed by atoms with Crippen molar-refractivity contribution in [2.75, 3.05) is 39.3 Å². The lowest BCUT2D eigenvalue weighted by Crippen LogP contribution is -2.49. The first kappa shape index (κ1) is 17.7. The number of carbonyl (C=O) groups excluding carboxylic acids is 1. The van der Waals surface area contributed by atoms with Gasteiger partial charge in [-0.15, -0.1) is 0 Å². The Bertz CT molecular complexity index is 689. The van der Waals surface area contributed by atoms with Crippen LogP contribution >= 0.6 is 0 Å². The molecule has 6 nitrogen and oxygen atoms in total. The van der Waals surface area contributed by atoms with Crippen LogP contribution in [0.2, 0.25) is 0 Å². The molecule has 1 aliphatic rings. The summed E-state index contributed by atoms with van der Waals surface area (Å²) in [6.45, 7) is 2.23. The predicted molar refractivity (Wildman–Crippen MR) is 86.0 cm³/mol. The quantitative estimate of drug-likeness (QED) is 0.874. The lowest BCUT2D eigenvalue weighted by Gasteiger charge is -2.33.